The Kier molecular flexibility index (Phi) is 4.71. The summed E-state index contributed by atoms with van der Waals surface area (Å²) in [7, 11) is 1.56. The summed E-state index contributed by atoms with van der Waals surface area (Å²) in [5.74, 6) is -0.248. The Balaban J connectivity index is 2.62. The van der Waals surface area contributed by atoms with Crippen LogP contribution in [0.15, 0.2) is 23.1 Å². The second-order valence-electron chi connectivity index (χ2n) is 3.85. The minimum absolute atomic E-state index is 0.0437. The van der Waals surface area contributed by atoms with Gasteiger partial charge in [0.1, 0.15) is 6.54 Å². The number of nitrogens with zero attached hydrogens (tertiary/aromatic N) is 1. The van der Waals surface area contributed by atoms with Crippen molar-refractivity contribution in [3.63, 3.8) is 0 Å². The van der Waals surface area contributed by atoms with Crippen LogP contribution in [0.25, 0.3) is 0 Å². The number of amides is 1. The zero-order valence-corrected chi connectivity index (χ0v) is 9.97. The summed E-state index contributed by atoms with van der Waals surface area (Å²) in [6.07, 6.45) is 1.45. The van der Waals surface area contributed by atoms with Crippen LogP contribution in [0.5, 0.6) is 0 Å². The van der Waals surface area contributed by atoms with Gasteiger partial charge in [-0.05, 0) is 13.0 Å². The van der Waals surface area contributed by atoms with E-state index in [1.54, 1.807) is 7.11 Å². The highest BCUT2D eigenvalue weighted by atomic mass is 16.5. The number of nitrogens with two attached hydrogens (primary N) is 1. The van der Waals surface area contributed by atoms with Gasteiger partial charge < -0.3 is 20.4 Å². The lowest BCUT2D eigenvalue weighted by Gasteiger charge is -2.13. The number of nitrogens with one attached hydrogen (secondary N) is 1. The summed E-state index contributed by atoms with van der Waals surface area (Å²) < 4.78 is 6.16. The molecule has 0 aliphatic carbocycles. The SMILES string of the molecule is COCC(C)NC(=O)Cn1cc(N)ccc1=O. The molecule has 1 amide bonds. The van der Waals surface area contributed by atoms with Crippen LogP contribution in [0.1, 0.15) is 6.92 Å². The topological polar surface area (TPSA) is 86.3 Å². The first-order chi connectivity index (χ1) is 8.02. The van der Waals surface area contributed by atoms with Gasteiger partial charge in [0, 0.05) is 31.1 Å². The standard InChI is InChI=1S/C11H17N3O3/c1-8(7-17-2)13-10(15)6-14-5-9(12)3-4-11(14)16/h3-5,8H,6-7,12H2,1-2H3,(H,13,15). The maximum atomic E-state index is 11.6. The lowest BCUT2D eigenvalue weighted by molar-refractivity contribution is -0.122. The van der Waals surface area contributed by atoms with Gasteiger partial charge in [0.2, 0.25) is 5.91 Å². The molecule has 3 N–H and O–H groups in total. The molecular weight excluding hydrogens is 222 g/mol. The quantitative estimate of drug-likeness (QED) is 0.730. The molecule has 6 nitrogen and oxygen atoms in total. The number of rotatable bonds is 5. The predicted molar refractivity (Wildman–Crippen MR) is 64.6 cm³/mol. The summed E-state index contributed by atoms with van der Waals surface area (Å²) in [5, 5.41) is 2.71. The number of pyridine rings is 1. The van der Waals surface area contributed by atoms with Crippen molar-refractivity contribution in [3.05, 3.63) is 28.7 Å². The minimum Gasteiger partial charge on any atom is -0.398 e. The molecule has 6 heteroatoms. The van der Waals surface area contributed by atoms with E-state index in [1.165, 1.54) is 22.9 Å². The van der Waals surface area contributed by atoms with Crippen LogP contribution < -0.4 is 16.6 Å². The van der Waals surface area contributed by atoms with E-state index in [9.17, 15) is 9.59 Å². The number of ether oxygens (including phenoxy) is 1. The third kappa shape index (κ3) is 4.28. The Hall–Kier alpha value is -1.82. The van der Waals surface area contributed by atoms with Gasteiger partial charge in [0.25, 0.3) is 5.56 Å². The molecule has 0 radical (unpaired) electrons. The van der Waals surface area contributed by atoms with E-state index in [0.29, 0.717) is 12.3 Å². The summed E-state index contributed by atoms with van der Waals surface area (Å²) in [5.41, 5.74) is 5.73. The average molecular weight is 239 g/mol. The molecule has 1 unspecified atom stereocenters. The lowest BCUT2D eigenvalue weighted by Crippen LogP contribution is -2.39. The van der Waals surface area contributed by atoms with Crippen LogP contribution in [0.2, 0.25) is 0 Å². The predicted octanol–water partition coefficient (Wildman–Crippen LogP) is -0.418. The Morgan fingerprint density at radius 1 is 1.59 bits per heavy atom. The van der Waals surface area contributed by atoms with Crippen LogP contribution in [-0.2, 0) is 16.1 Å². The molecule has 0 aromatic carbocycles. The Morgan fingerprint density at radius 2 is 2.29 bits per heavy atom. The van der Waals surface area contributed by atoms with E-state index >= 15 is 0 Å². The van der Waals surface area contributed by atoms with Gasteiger partial charge >= 0.3 is 0 Å². The molecule has 0 bridgehead atoms. The van der Waals surface area contributed by atoms with Crippen molar-refractivity contribution in [2.75, 3.05) is 19.5 Å². The van der Waals surface area contributed by atoms with Crippen molar-refractivity contribution < 1.29 is 9.53 Å². The average Bonchev–Trinajstić information content (AvgIpc) is 2.23. The highest BCUT2D eigenvalue weighted by molar-refractivity contribution is 5.76. The molecule has 0 saturated carbocycles. The van der Waals surface area contributed by atoms with E-state index in [0.717, 1.165) is 0 Å². The van der Waals surface area contributed by atoms with E-state index in [1.807, 2.05) is 6.92 Å². The highest BCUT2D eigenvalue weighted by Gasteiger charge is 2.08. The first kappa shape index (κ1) is 13.2. The molecule has 1 rings (SSSR count). The molecule has 0 saturated heterocycles. The molecule has 0 fully saturated rings. The fourth-order valence-corrected chi connectivity index (χ4v) is 1.44. The Labute approximate surface area is 99.4 Å². The largest absolute Gasteiger partial charge is 0.398 e. The van der Waals surface area contributed by atoms with Gasteiger partial charge in [-0.1, -0.05) is 0 Å². The first-order valence-electron chi connectivity index (χ1n) is 5.27. The molecule has 1 atom stereocenters. The van der Waals surface area contributed by atoms with Gasteiger partial charge in [-0.2, -0.15) is 0 Å². The van der Waals surface area contributed by atoms with Gasteiger partial charge in [0.05, 0.1) is 6.61 Å². The molecule has 1 heterocycles. The lowest BCUT2D eigenvalue weighted by atomic mass is 10.3. The second kappa shape index (κ2) is 6.05. The molecular formula is C11H17N3O3. The van der Waals surface area contributed by atoms with Gasteiger partial charge in [0.15, 0.2) is 0 Å². The number of nitrogen functional groups attached to an aromatic ring is 1. The number of carbonyl (C=O) groups excluding carboxylic acids is 1. The summed E-state index contributed by atoms with van der Waals surface area (Å²) in [6.45, 7) is 2.21. The van der Waals surface area contributed by atoms with Crippen molar-refractivity contribution >= 4 is 11.6 Å². The maximum absolute atomic E-state index is 11.6. The van der Waals surface area contributed by atoms with Crippen LogP contribution in [0.4, 0.5) is 5.69 Å². The van der Waals surface area contributed by atoms with Crippen LogP contribution in [0, 0.1) is 0 Å². The van der Waals surface area contributed by atoms with Crippen molar-refractivity contribution in [2.24, 2.45) is 0 Å². The van der Waals surface area contributed by atoms with Crippen LogP contribution in [0.3, 0.4) is 0 Å². The Bertz CT molecular complexity index is 442. The van der Waals surface area contributed by atoms with Crippen LogP contribution >= 0.6 is 0 Å². The third-order valence-electron chi connectivity index (χ3n) is 2.14. The number of hydrogen-bond acceptors (Lipinski definition) is 4. The van der Waals surface area contributed by atoms with E-state index in [-0.39, 0.29) is 24.1 Å². The zero-order chi connectivity index (χ0) is 12.8. The van der Waals surface area contributed by atoms with E-state index in [4.69, 9.17) is 10.5 Å². The molecule has 0 spiro atoms. The van der Waals surface area contributed by atoms with Gasteiger partial charge in [-0.15, -0.1) is 0 Å². The van der Waals surface area contributed by atoms with Crippen molar-refractivity contribution in [1.82, 2.24) is 9.88 Å². The maximum Gasteiger partial charge on any atom is 0.251 e. The first-order valence-corrected chi connectivity index (χ1v) is 5.27. The Morgan fingerprint density at radius 3 is 2.94 bits per heavy atom. The summed E-state index contributed by atoms with van der Waals surface area (Å²) in [4.78, 5) is 23.0. The normalized spacial score (nSPS) is 12.1. The fourth-order valence-electron chi connectivity index (χ4n) is 1.44. The number of aromatic nitrogens is 1. The second-order valence-corrected chi connectivity index (χ2v) is 3.85. The number of hydrogen-bond donors (Lipinski definition) is 2. The van der Waals surface area contributed by atoms with E-state index < -0.39 is 0 Å². The molecule has 17 heavy (non-hydrogen) atoms. The summed E-state index contributed by atoms with van der Waals surface area (Å²) >= 11 is 0. The van der Waals surface area contributed by atoms with Crippen molar-refractivity contribution in [1.29, 1.82) is 0 Å². The fraction of sp³-hybridized carbons (Fsp3) is 0.455. The smallest absolute Gasteiger partial charge is 0.251 e. The third-order valence-corrected chi connectivity index (χ3v) is 2.14. The highest BCUT2D eigenvalue weighted by Crippen LogP contribution is 1.95. The zero-order valence-electron chi connectivity index (χ0n) is 9.97. The van der Waals surface area contributed by atoms with E-state index in [2.05, 4.69) is 5.32 Å². The molecule has 1 aromatic heterocycles. The monoisotopic (exact) mass is 239 g/mol. The minimum atomic E-state index is -0.256. The van der Waals surface area contributed by atoms with Crippen molar-refractivity contribution in [3.8, 4) is 0 Å². The van der Waals surface area contributed by atoms with Crippen LogP contribution in [-0.4, -0.2) is 30.2 Å². The van der Waals surface area contributed by atoms with Gasteiger partial charge in [-0.3, -0.25) is 9.59 Å². The molecule has 1 aromatic rings. The molecule has 94 valence electrons. The van der Waals surface area contributed by atoms with Crippen molar-refractivity contribution in [2.45, 2.75) is 19.5 Å². The number of methoxy groups -OCH3 is 1. The number of carbonyl (C=O) groups is 1. The summed E-state index contributed by atoms with van der Waals surface area (Å²) in [6, 6.07) is 2.75. The molecule has 0 aliphatic rings. The van der Waals surface area contributed by atoms with Gasteiger partial charge in [-0.25, -0.2) is 0 Å². The number of anilines is 1. The molecule has 0 aliphatic heterocycles.